The Kier molecular flexibility index (Phi) is 3.50. The molecule has 0 aromatic carbocycles. The molecule has 1 saturated heterocycles. The van der Waals surface area contributed by atoms with E-state index < -0.39 is 0 Å². The molecule has 0 radical (unpaired) electrons. The van der Waals surface area contributed by atoms with Crippen LogP contribution in [0.2, 0.25) is 0 Å². The number of carbonyl (C=O) groups excluding carboxylic acids is 1. The van der Waals surface area contributed by atoms with E-state index in [4.69, 9.17) is 0 Å². The van der Waals surface area contributed by atoms with Crippen molar-refractivity contribution in [2.75, 3.05) is 6.54 Å². The van der Waals surface area contributed by atoms with Crippen LogP contribution < -0.4 is 10.6 Å². The number of fused-ring (bicyclic) bond motifs is 1. The van der Waals surface area contributed by atoms with Gasteiger partial charge in [-0.05, 0) is 25.8 Å². The van der Waals surface area contributed by atoms with E-state index in [1.165, 1.54) is 0 Å². The average Bonchev–Trinajstić information content (AvgIpc) is 3.07. The molecule has 2 N–H and O–H groups in total. The second-order valence-corrected chi connectivity index (χ2v) is 5.37. The van der Waals surface area contributed by atoms with Gasteiger partial charge in [0, 0.05) is 18.9 Å². The number of nitrogens with zero attached hydrogens (tertiary/aromatic N) is 3. The first-order valence-corrected chi connectivity index (χ1v) is 7.22. The molecule has 1 amide bonds. The summed E-state index contributed by atoms with van der Waals surface area (Å²) in [6, 6.07) is 0.192. The minimum Gasteiger partial charge on any atom is -0.350 e. The van der Waals surface area contributed by atoms with Crippen LogP contribution in [-0.2, 0) is 24.2 Å². The lowest BCUT2D eigenvalue weighted by Gasteiger charge is -2.24. The molecule has 2 unspecified atom stereocenters. The van der Waals surface area contributed by atoms with Crippen LogP contribution in [0.25, 0.3) is 0 Å². The third-order valence-electron chi connectivity index (χ3n) is 3.94. The molecule has 3 rings (SSSR count). The molecule has 0 saturated carbocycles. The van der Waals surface area contributed by atoms with Crippen LogP contribution in [0.15, 0.2) is 0 Å². The van der Waals surface area contributed by atoms with Crippen LogP contribution in [0.5, 0.6) is 0 Å². The van der Waals surface area contributed by atoms with Gasteiger partial charge in [0.25, 0.3) is 0 Å². The summed E-state index contributed by atoms with van der Waals surface area (Å²) in [4.78, 5) is 16.6. The monoisotopic (exact) mass is 263 g/mol. The highest BCUT2D eigenvalue weighted by atomic mass is 16.2. The van der Waals surface area contributed by atoms with Gasteiger partial charge in [0.1, 0.15) is 5.82 Å². The van der Waals surface area contributed by atoms with Crippen molar-refractivity contribution in [3.05, 3.63) is 11.6 Å². The van der Waals surface area contributed by atoms with E-state index in [1.54, 1.807) is 0 Å². The first-order chi connectivity index (χ1) is 9.26. The molecule has 19 heavy (non-hydrogen) atoms. The zero-order valence-corrected chi connectivity index (χ0v) is 11.4. The van der Waals surface area contributed by atoms with Crippen LogP contribution in [0.4, 0.5) is 0 Å². The van der Waals surface area contributed by atoms with E-state index in [2.05, 4.69) is 27.6 Å². The molecule has 2 aliphatic heterocycles. The van der Waals surface area contributed by atoms with Gasteiger partial charge < -0.3 is 10.6 Å². The Labute approximate surface area is 113 Å². The van der Waals surface area contributed by atoms with Gasteiger partial charge >= 0.3 is 0 Å². The Morgan fingerprint density at radius 2 is 2.42 bits per heavy atom. The van der Waals surface area contributed by atoms with Crippen molar-refractivity contribution in [3.8, 4) is 0 Å². The molecule has 2 aliphatic rings. The topological polar surface area (TPSA) is 71.8 Å². The average molecular weight is 263 g/mol. The zero-order valence-electron chi connectivity index (χ0n) is 11.4. The van der Waals surface area contributed by atoms with Gasteiger partial charge in [-0.3, -0.25) is 4.79 Å². The highest BCUT2D eigenvalue weighted by Gasteiger charge is 2.27. The Hall–Kier alpha value is -1.43. The maximum absolute atomic E-state index is 12.1. The SMILES string of the molecule is CCc1nc2n(n1)CC(NC(=O)C1CCCN1)CC2. The third kappa shape index (κ3) is 2.63. The van der Waals surface area contributed by atoms with Crippen LogP contribution in [0.1, 0.15) is 37.8 Å². The van der Waals surface area contributed by atoms with Gasteiger partial charge in [0.05, 0.1) is 12.6 Å². The van der Waals surface area contributed by atoms with E-state index in [0.29, 0.717) is 0 Å². The lowest BCUT2D eigenvalue weighted by atomic mass is 10.1. The maximum Gasteiger partial charge on any atom is 0.237 e. The van der Waals surface area contributed by atoms with Crippen LogP contribution in [-0.4, -0.2) is 39.3 Å². The standard InChI is InChI=1S/C13H21N5O/c1-2-11-16-12-6-5-9(8-18(12)17-11)15-13(19)10-4-3-7-14-10/h9-10,14H,2-8H2,1H3,(H,15,19). The summed E-state index contributed by atoms with van der Waals surface area (Å²) in [7, 11) is 0. The lowest BCUT2D eigenvalue weighted by molar-refractivity contribution is -0.123. The quantitative estimate of drug-likeness (QED) is 0.806. The van der Waals surface area contributed by atoms with E-state index in [1.807, 2.05) is 4.68 Å². The fourth-order valence-electron chi connectivity index (χ4n) is 2.84. The van der Waals surface area contributed by atoms with E-state index >= 15 is 0 Å². The normalized spacial score (nSPS) is 26.2. The van der Waals surface area contributed by atoms with E-state index in [9.17, 15) is 4.79 Å². The van der Waals surface area contributed by atoms with Gasteiger partial charge in [-0.15, -0.1) is 0 Å². The number of nitrogens with one attached hydrogen (secondary N) is 2. The molecule has 1 aromatic rings. The number of aromatic nitrogens is 3. The summed E-state index contributed by atoms with van der Waals surface area (Å²) < 4.78 is 1.95. The molecule has 2 atom stereocenters. The molecule has 1 fully saturated rings. The fourth-order valence-corrected chi connectivity index (χ4v) is 2.84. The van der Waals surface area contributed by atoms with Gasteiger partial charge in [0.15, 0.2) is 5.82 Å². The number of aryl methyl sites for hydroxylation is 2. The fraction of sp³-hybridized carbons (Fsp3) is 0.769. The number of rotatable bonds is 3. The Bertz CT molecular complexity index is 464. The molecule has 104 valence electrons. The summed E-state index contributed by atoms with van der Waals surface area (Å²) in [5.41, 5.74) is 0. The molecule has 3 heterocycles. The minimum atomic E-state index is 0.00310. The van der Waals surface area contributed by atoms with Gasteiger partial charge in [-0.25, -0.2) is 9.67 Å². The summed E-state index contributed by atoms with van der Waals surface area (Å²) >= 11 is 0. The van der Waals surface area contributed by atoms with Crippen molar-refractivity contribution in [2.24, 2.45) is 0 Å². The van der Waals surface area contributed by atoms with E-state index in [-0.39, 0.29) is 18.0 Å². The molecule has 0 aliphatic carbocycles. The zero-order chi connectivity index (χ0) is 13.2. The Morgan fingerprint density at radius 3 is 3.16 bits per heavy atom. The van der Waals surface area contributed by atoms with Gasteiger partial charge in [-0.1, -0.05) is 6.92 Å². The van der Waals surface area contributed by atoms with Gasteiger partial charge in [-0.2, -0.15) is 5.10 Å². The second kappa shape index (κ2) is 5.28. The van der Waals surface area contributed by atoms with Crippen molar-refractivity contribution in [3.63, 3.8) is 0 Å². The Morgan fingerprint density at radius 1 is 1.53 bits per heavy atom. The third-order valence-corrected chi connectivity index (χ3v) is 3.94. The van der Waals surface area contributed by atoms with Crippen LogP contribution in [0.3, 0.4) is 0 Å². The predicted molar refractivity (Wildman–Crippen MR) is 70.7 cm³/mol. The predicted octanol–water partition coefficient (Wildman–Crippen LogP) is 0.0235. The molecule has 0 spiro atoms. The number of carbonyl (C=O) groups is 1. The highest BCUT2D eigenvalue weighted by Crippen LogP contribution is 2.14. The summed E-state index contributed by atoms with van der Waals surface area (Å²) in [6.45, 7) is 3.77. The van der Waals surface area contributed by atoms with Crippen LogP contribution in [0, 0.1) is 0 Å². The lowest BCUT2D eigenvalue weighted by Crippen LogP contribution is -2.48. The molecular weight excluding hydrogens is 242 g/mol. The summed E-state index contributed by atoms with van der Waals surface area (Å²) in [5, 5.41) is 10.8. The number of amides is 1. The summed E-state index contributed by atoms with van der Waals surface area (Å²) in [6.07, 6.45) is 4.77. The van der Waals surface area contributed by atoms with E-state index in [0.717, 1.165) is 56.8 Å². The number of hydrogen-bond acceptors (Lipinski definition) is 4. The van der Waals surface area contributed by atoms with Gasteiger partial charge in [0.2, 0.25) is 5.91 Å². The molecule has 6 nitrogen and oxygen atoms in total. The van der Waals surface area contributed by atoms with Crippen molar-refractivity contribution >= 4 is 5.91 Å². The van der Waals surface area contributed by atoms with Crippen molar-refractivity contribution in [1.29, 1.82) is 0 Å². The molecule has 6 heteroatoms. The first kappa shape index (κ1) is 12.6. The first-order valence-electron chi connectivity index (χ1n) is 7.22. The Balaban J connectivity index is 1.60. The number of hydrogen-bond donors (Lipinski definition) is 2. The van der Waals surface area contributed by atoms with Crippen molar-refractivity contribution in [1.82, 2.24) is 25.4 Å². The smallest absolute Gasteiger partial charge is 0.237 e. The van der Waals surface area contributed by atoms with Crippen LogP contribution >= 0.6 is 0 Å². The largest absolute Gasteiger partial charge is 0.350 e. The molecule has 0 bridgehead atoms. The van der Waals surface area contributed by atoms with Crippen molar-refractivity contribution in [2.45, 2.75) is 57.7 Å². The molecule has 1 aromatic heterocycles. The minimum absolute atomic E-state index is 0.00310. The molecular formula is C13H21N5O. The summed E-state index contributed by atoms with van der Waals surface area (Å²) in [5.74, 6) is 2.10. The highest BCUT2D eigenvalue weighted by molar-refractivity contribution is 5.82. The maximum atomic E-state index is 12.1. The van der Waals surface area contributed by atoms with Crippen molar-refractivity contribution < 1.29 is 4.79 Å². The second-order valence-electron chi connectivity index (χ2n) is 5.37.